The van der Waals surface area contributed by atoms with Crippen molar-refractivity contribution in [3.05, 3.63) is 78.4 Å². The Hall–Kier alpha value is -2.37. The third-order valence-electron chi connectivity index (χ3n) is 3.63. The highest BCUT2D eigenvalue weighted by Crippen LogP contribution is 2.35. The van der Waals surface area contributed by atoms with Gasteiger partial charge in [-0.1, -0.05) is 42.1 Å². The van der Waals surface area contributed by atoms with Gasteiger partial charge in [0.1, 0.15) is 0 Å². The van der Waals surface area contributed by atoms with Gasteiger partial charge in [0.15, 0.2) is 0 Å². The average molecular weight is 381 g/mol. The first-order valence-electron chi connectivity index (χ1n) is 8.22. The van der Waals surface area contributed by atoms with E-state index in [-0.39, 0.29) is 5.91 Å². The molecule has 0 aliphatic rings. The number of carbonyl (C=O) groups excluding carboxylic acids is 1. The molecule has 0 bridgehead atoms. The molecule has 3 aromatic carbocycles. The van der Waals surface area contributed by atoms with Crippen LogP contribution < -0.4 is 11.1 Å². The maximum atomic E-state index is 11.1. The first kappa shape index (κ1) is 18.4. The second kappa shape index (κ2) is 8.83. The number of anilines is 2. The van der Waals surface area contributed by atoms with Gasteiger partial charge < -0.3 is 11.1 Å². The van der Waals surface area contributed by atoms with E-state index in [4.69, 9.17) is 5.73 Å². The Labute approximate surface area is 162 Å². The molecule has 0 fully saturated rings. The fraction of sp³-hybridized carbons (Fsp3) is 0.0952. The van der Waals surface area contributed by atoms with E-state index in [0.29, 0.717) is 0 Å². The highest BCUT2D eigenvalue weighted by molar-refractivity contribution is 7.99. The Morgan fingerprint density at radius 3 is 2.35 bits per heavy atom. The first-order valence-corrected chi connectivity index (χ1v) is 10.0. The van der Waals surface area contributed by atoms with Crippen molar-refractivity contribution in [3.63, 3.8) is 0 Å². The van der Waals surface area contributed by atoms with E-state index in [2.05, 4.69) is 35.6 Å². The highest BCUT2D eigenvalue weighted by Gasteiger charge is 2.05. The normalized spacial score (nSPS) is 10.5. The molecule has 0 spiro atoms. The van der Waals surface area contributed by atoms with Crippen molar-refractivity contribution in [3.8, 4) is 0 Å². The number of carbonyl (C=O) groups is 1. The van der Waals surface area contributed by atoms with Crippen LogP contribution in [-0.2, 0) is 10.5 Å². The van der Waals surface area contributed by atoms with Gasteiger partial charge in [0, 0.05) is 38.7 Å². The summed E-state index contributed by atoms with van der Waals surface area (Å²) in [6.07, 6.45) is 0. The van der Waals surface area contributed by atoms with Gasteiger partial charge in [-0.05, 0) is 48.0 Å². The number of thioether (sulfide) groups is 1. The molecule has 26 heavy (non-hydrogen) atoms. The van der Waals surface area contributed by atoms with Crippen LogP contribution in [-0.4, -0.2) is 5.91 Å². The van der Waals surface area contributed by atoms with Crippen molar-refractivity contribution in [1.82, 2.24) is 0 Å². The zero-order valence-corrected chi connectivity index (χ0v) is 16.1. The SMILES string of the molecule is CC(=O)Nc1ccc(Sc2ccc(N)c(SCc3ccccc3)c2)cc1. The van der Waals surface area contributed by atoms with Crippen LogP contribution in [0.2, 0.25) is 0 Å². The van der Waals surface area contributed by atoms with Crippen LogP contribution >= 0.6 is 23.5 Å². The summed E-state index contributed by atoms with van der Waals surface area (Å²) < 4.78 is 0. The summed E-state index contributed by atoms with van der Waals surface area (Å²) in [6.45, 7) is 1.51. The fourth-order valence-electron chi connectivity index (χ4n) is 2.38. The van der Waals surface area contributed by atoms with Gasteiger partial charge in [-0.2, -0.15) is 0 Å². The molecule has 3 rings (SSSR count). The molecule has 3 N–H and O–H groups in total. The molecular weight excluding hydrogens is 360 g/mol. The van der Waals surface area contributed by atoms with Gasteiger partial charge in [0.25, 0.3) is 0 Å². The van der Waals surface area contributed by atoms with Crippen LogP contribution in [0.1, 0.15) is 12.5 Å². The zero-order valence-electron chi connectivity index (χ0n) is 14.4. The van der Waals surface area contributed by atoms with Gasteiger partial charge in [-0.25, -0.2) is 0 Å². The lowest BCUT2D eigenvalue weighted by molar-refractivity contribution is -0.114. The third kappa shape index (κ3) is 5.31. The molecular formula is C21H20N2OS2. The monoisotopic (exact) mass is 380 g/mol. The molecule has 1 amide bonds. The van der Waals surface area contributed by atoms with Gasteiger partial charge >= 0.3 is 0 Å². The lowest BCUT2D eigenvalue weighted by Crippen LogP contribution is -2.05. The number of nitrogen functional groups attached to an aromatic ring is 1. The van der Waals surface area contributed by atoms with Crippen LogP contribution in [0.4, 0.5) is 11.4 Å². The van der Waals surface area contributed by atoms with Crippen molar-refractivity contribution in [2.75, 3.05) is 11.1 Å². The van der Waals surface area contributed by atoms with E-state index < -0.39 is 0 Å². The minimum atomic E-state index is -0.0657. The molecule has 0 aliphatic heterocycles. The second-order valence-corrected chi connectivity index (χ2v) is 7.95. The largest absolute Gasteiger partial charge is 0.398 e. The van der Waals surface area contributed by atoms with Crippen LogP contribution in [0.3, 0.4) is 0 Å². The van der Waals surface area contributed by atoms with Crippen molar-refractivity contribution in [2.45, 2.75) is 27.4 Å². The number of nitrogens with two attached hydrogens (primary N) is 1. The molecule has 5 heteroatoms. The number of hydrogen-bond donors (Lipinski definition) is 2. The molecule has 3 nitrogen and oxygen atoms in total. The van der Waals surface area contributed by atoms with Crippen LogP contribution in [0.5, 0.6) is 0 Å². The van der Waals surface area contributed by atoms with E-state index in [9.17, 15) is 4.79 Å². The molecule has 0 radical (unpaired) electrons. The Morgan fingerprint density at radius 1 is 0.962 bits per heavy atom. The van der Waals surface area contributed by atoms with Gasteiger partial charge in [-0.15, -0.1) is 11.8 Å². The summed E-state index contributed by atoms with van der Waals surface area (Å²) in [6, 6.07) is 24.3. The smallest absolute Gasteiger partial charge is 0.221 e. The molecule has 0 saturated carbocycles. The molecule has 0 atom stereocenters. The predicted octanol–water partition coefficient (Wildman–Crippen LogP) is 5.67. The topological polar surface area (TPSA) is 55.1 Å². The van der Waals surface area contributed by atoms with Crippen molar-refractivity contribution in [1.29, 1.82) is 0 Å². The number of rotatable bonds is 6. The zero-order chi connectivity index (χ0) is 18.4. The van der Waals surface area contributed by atoms with Crippen molar-refractivity contribution >= 4 is 40.8 Å². The second-order valence-electron chi connectivity index (χ2n) is 5.78. The maximum Gasteiger partial charge on any atom is 0.221 e. The van der Waals surface area contributed by atoms with Crippen molar-refractivity contribution in [2.24, 2.45) is 0 Å². The number of benzene rings is 3. The molecule has 0 heterocycles. The van der Waals surface area contributed by atoms with E-state index in [0.717, 1.165) is 31.8 Å². The molecule has 132 valence electrons. The summed E-state index contributed by atoms with van der Waals surface area (Å²) >= 11 is 3.43. The average Bonchev–Trinajstić information content (AvgIpc) is 2.64. The highest BCUT2D eigenvalue weighted by atomic mass is 32.2. The lowest BCUT2D eigenvalue weighted by Gasteiger charge is -2.09. The Balaban J connectivity index is 1.67. The Kier molecular flexibility index (Phi) is 6.26. The van der Waals surface area contributed by atoms with Gasteiger partial charge in [0.05, 0.1) is 0 Å². The summed E-state index contributed by atoms with van der Waals surface area (Å²) in [5.74, 6) is 0.828. The van der Waals surface area contributed by atoms with Gasteiger partial charge in [0.2, 0.25) is 5.91 Å². The molecule has 0 aromatic heterocycles. The van der Waals surface area contributed by atoms with Crippen LogP contribution in [0, 0.1) is 0 Å². The summed E-state index contributed by atoms with van der Waals surface area (Å²) in [5, 5.41) is 2.78. The van der Waals surface area contributed by atoms with E-state index >= 15 is 0 Å². The first-order chi connectivity index (χ1) is 12.6. The van der Waals surface area contributed by atoms with Crippen molar-refractivity contribution < 1.29 is 4.79 Å². The molecule has 0 unspecified atom stereocenters. The van der Waals surface area contributed by atoms with Crippen LogP contribution in [0.15, 0.2) is 87.5 Å². The van der Waals surface area contributed by atoms with E-state index in [1.54, 1.807) is 23.5 Å². The lowest BCUT2D eigenvalue weighted by atomic mass is 10.2. The minimum absolute atomic E-state index is 0.0657. The third-order valence-corrected chi connectivity index (χ3v) is 5.77. The maximum absolute atomic E-state index is 11.1. The number of nitrogens with one attached hydrogen (secondary N) is 1. The minimum Gasteiger partial charge on any atom is -0.398 e. The standard InChI is InChI=1S/C21H20N2OS2/c1-15(24)23-17-7-9-18(10-8-17)26-19-11-12-20(22)21(13-19)25-14-16-5-3-2-4-6-16/h2-13H,14,22H2,1H3,(H,23,24). The Morgan fingerprint density at radius 2 is 1.65 bits per heavy atom. The van der Waals surface area contributed by atoms with Crippen LogP contribution in [0.25, 0.3) is 0 Å². The number of hydrogen-bond acceptors (Lipinski definition) is 4. The molecule has 3 aromatic rings. The summed E-state index contributed by atoms with van der Waals surface area (Å²) in [7, 11) is 0. The summed E-state index contributed by atoms with van der Waals surface area (Å²) in [5.41, 5.74) is 9.03. The quantitative estimate of drug-likeness (QED) is 0.427. The number of amides is 1. The summed E-state index contributed by atoms with van der Waals surface area (Å²) in [4.78, 5) is 14.4. The van der Waals surface area contributed by atoms with E-state index in [1.165, 1.54) is 12.5 Å². The predicted molar refractivity (Wildman–Crippen MR) is 112 cm³/mol. The fourth-order valence-corrected chi connectivity index (χ4v) is 4.28. The molecule has 0 saturated heterocycles. The molecule has 0 aliphatic carbocycles. The van der Waals surface area contributed by atoms with Gasteiger partial charge in [-0.3, -0.25) is 4.79 Å². The Bertz CT molecular complexity index is 880. The van der Waals surface area contributed by atoms with E-state index in [1.807, 2.05) is 42.5 Å².